The van der Waals surface area contributed by atoms with Crippen molar-refractivity contribution in [1.29, 1.82) is 0 Å². The van der Waals surface area contributed by atoms with Gasteiger partial charge in [0.05, 0.1) is 12.5 Å². The van der Waals surface area contributed by atoms with Crippen LogP contribution in [0.1, 0.15) is 17.4 Å². The minimum atomic E-state index is -0.200. The highest BCUT2D eigenvalue weighted by Gasteiger charge is 2.19. The molecule has 0 saturated carbocycles. The summed E-state index contributed by atoms with van der Waals surface area (Å²) in [6, 6.07) is 11.3. The van der Waals surface area contributed by atoms with Crippen molar-refractivity contribution in [1.82, 2.24) is 5.43 Å². The number of furan rings is 2. The van der Waals surface area contributed by atoms with Gasteiger partial charge in [-0.3, -0.25) is 5.84 Å². The van der Waals surface area contributed by atoms with E-state index in [1.807, 2.05) is 36.4 Å². The molecule has 4 nitrogen and oxygen atoms in total. The van der Waals surface area contributed by atoms with Crippen LogP contribution in [0.15, 0.2) is 57.8 Å². The Bertz CT molecular complexity index is 613. The smallest absolute Gasteiger partial charge is 0.134 e. The molecule has 0 amide bonds. The van der Waals surface area contributed by atoms with Crippen molar-refractivity contribution in [2.75, 3.05) is 0 Å². The Hall–Kier alpha value is -2.04. The summed E-state index contributed by atoms with van der Waals surface area (Å²) in [7, 11) is 0. The molecule has 86 valence electrons. The molecule has 1 unspecified atom stereocenters. The molecule has 0 fully saturated rings. The maximum absolute atomic E-state index is 5.59. The molecular formula is C13H12N2O2. The van der Waals surface area contributed by atoms with Gasteiger partial charge in [0.2, 0.25) is 0 Å². The Morgan fingerprint density at radius 2 is 1.94 bits per heavy atom. The number of fused-ring (bicyclic) bond motifs is 1. The van der Waals surface area contributed by atoms with E-state index in [0.717, 1.165) is 22.3 Å². The Morgan fingerprint density at radius 1 is 1.06 bits per heavy atom. The zero-order valence-electron chi connectivity index (χ0n) is 9.09. The zero-order chi connectivity index (χ0) is 11.7. The Morgan fingerprint density at radius 3 is 2.71 bits per heavy atom. The number of rotatable bonds is 3. The monoisotopic (exact) mass is 228 g/mol. The molecule has 0 aliphatic heterocycles. The van der Waals surface area contributed by atoms with E-state index in [0.29, 0.717) is 0 Å². The third-order valence-electron chi connectivity index (χ3n) is 2.82. The lowest BCUT2D eigenvalue weighted by molar-refractivity contribution is 0.450. The SMILES string of the molecule is NNC(c1ccco1)c1coc2ccccc12. The molecule has 2 aromatic heterocycles. The number of hydrogen-bond acceptors (Lipinski definition) is 4. The van der Waals surface area contributed by atoms with Crippen molar-refractivity contribution in [3.05, 3.63) is 60.2 Å². The standard InChI is InChI=1S/C13H12N2O2/c14-15-13(12-6-3-7-16-12)10-8-17-11-5-2-1-4-9(10)11/h1-8,13,15H,14H2. The van der Waals surface area contributed by atoms with Gasteiger partial charge in [-0.05, 0) is 18.2 Å². The van der Waals surface area contributed by atoms with Gasteiger partial charge in [-0.15, -0.1) is 0 Å². The van der Waals surface area contributed by atoms with E-state index in [4.69, 9.17) is 14.7 Å². The Balaban J connectivity index is 2.13. The molecule has 0 bridgehead atoms. The summed E-state index contributed by atoms with van der Waals surface area (Å²) in [5.74, 6) is 6.36. The quantitative estimate of drug-likeness (QED) is 0.534. The van der Waals surface area contributed by atoms with Crippen LogP contribution in [0.2, 0.25) is 0 Å². The normalized spacial score (nSPS) is 13.0. The summed E-state index contributed by atoms with van der Waals surface area (Å²) in [5.41, 5.74) is 4.56. The molecule has 2 heterocycles. The number of hydrazine groups is 1. The van der Waals surface area contributed by atoms with E-state index in [-0.39, 0.29) is 6.04 Å². The third-order valence-corrected chi connectivity index (χ3v) is 2.82. The van der Waals surface area contributed by atoms with Gasteiger partial charge in [0, 0.05) is 10.9 Å². The summed E-state index contributed by atoms with van der Waals surface area (Å²) in [6.07, 6.45) is 3.33. The van der Waals surface area contributed by atoms with E-state index < -0.39 is 0 Å². The summed E-state index contributed by atoms with van der Waals surface area (Å²) in [5, 5.41) is 1.03. The van der Waals surface area contributed by atoms with Crippen LogP contribution in [0.3, 0.4) is 0 Å². The van der Waals surface area contributed by atoms with Gasteiger partial charge < -0.3 is 8.83 Å². The molecule has 3 N–H and O–H groups in total. The second-order valence-electron chi connectivity index (χ2n) is 3.80. The Labute approximate surface area is 98.0 Å². The van der Waals surface area contributed by atoms with Crippen LogP contribution in [0.25, 0.3) is 11.0 Å². The Kier molecular flexibility index (Phi) is 2.44. The molecule has 0 aliphatic carbocycles. The van der Waals surface area contributed by atoms with Crippen molar-refractivity contribution in [3.63, 3.8) is 0 Å². The summed E-state index contributed by atoms with van der Waals surface area (Å²) in [6.45, 7) is 0. The molecule has 3 rings (SSSR count). The number of nitrogens with one attached hydrogen (secondary N) is 1. The first-order valence-corrected chi connectivity index (χ1v) is 5.36. The average molecular weight is 228 g/mol. The third kappa shape index (κ3) is 1.63. The zero-order valence-corrected chi connectivity index (χ0v) is 9.09. The predicted molar refractivity (Wildman–Crippen MR) is 64.1 cm³/mol. The summed E-state index contributed by atoms with van der Waals surface area (Å²) >= 11 is 0. The minimum Gasteiger partial charge on any atom is -0.467 e. The molecule has 0 radical (unpaired) electrons. The number of hydrogen-bond donors (Lipinski definition) is 2. The van der Waals surface area contributed by atoms with Crippen LogP contribution < -0.4 is 11.3 Å². The largest absolute Gasteiger partial charge is 0.467 e. The number of nitrogens with two attached hydrogens (primary N) is 1. The van der Waals surface area contributed by atoms with Crippen molar-refractivity contribution in [2.45, 2.75) is 6.04 Å². The fourth-order valence-electron chi connectivity index (χ4n) is 2.00. The lowest BCUT2D eigenvalue weighted by Gasteiger charge is -2.11. The highest BCUT2D eigenvalue weighted by Crippen LogP contribution is 2.30. The van der Waals surface area contributed by atoms with Gasteiger partial charge in [0.1, 0.15) is 17.4 Å². The fourth-order valence-corrected chi connectivity index (χ4v) is 2.00. The van der Waals surface area contributed by atoms with Crippen LogP contribution in [-0.2, 0) is 0 Å². The van der Waals surface area contributed by atoms with Gasteiger partial charge >= 0.3 is 0 Å². The van der Waals surface area contributed by atoms with Crippen molar-refractivity contribution < 1.29 is 8.83 Å². The van der Waals surface area contributed by atoms with E-state index in [9.17, 15) is 0 Å². The van der Waals surface area contributed by atoms with E-state index in [2.05, 4.69) is 5.43 Å². The van der Waals surface area contributed by atoms with Crippen molar-refractivity contribution in [2.24, 2.45) is 5.84 Å². The lowest BCUT2D eigenvalue weighted by Crippen LogP contribution is -2.28. The van der Waals surface area contributed by atoms with Crippen molar-refractivity contribution in [3.8, 4) is 0 Å². The topological polar surface area (TPSA) is 64.3 Å². The maximum Gasteiger partial charge on any atom is 0.134 e. The van der Waals surface area contributed by atoms with E-state index >= 15 is 0 Å². The highest BCUT2D eigenvalue weighted by atomic mass is 16.3. The molecule has 0 saturated heterocycles. The minimum absolute atomic E-state index is 0.200. The summed E-state index contributed by atoms with van der Waals surface area (Å²) in [4.78, 5) is 0. The van der Waals surface area contributed by atoms with Gasteiger partial charge in [-0.25, -0.2) is 5.43 Å². The second-order valence-corrected chi connectivity index (χ2v) is 3.80. The average Bonchev–Trinajstić information content (AvgIpc) is 3.01. The molecule has 1 aromatic carbocycles. The highest BCUT2D eigenvalue weighted by molar-refractivity contribution is 5.81. The van der Waals surface area contributed by atoms with Crippen LogP contribution in [-0.4, -0.2) is 0 Å². The molecule has 4 heteroatoms. The number of benzene rings is 1. The van der Waals surface area contributed by atoms with Crippen LogP contribution >= 0.6 is 0 Å². The molecule has 3 aromatic rings. The molecule has 0 aliphatic rings. The van der Waals surface area contributed by atoms with E-state index in [1.165, 1.54) is 0 Å². The predicted octanol–water partition coefficient (Wildman–Crippen LogP) is 2.58. The molecule has 17 heavy (non-hydrogen) atoms. The molecule has 0 spiro atoms. The lowest BCUT2D eigenvalue weighted by atomic mass is 10.0. The first-order chi connectivity index (χ1) is 8.40. The van der Waals surface area contributed by atoms with Crippen LogP contribution in [0, 0.1) is 0 Å². The first-order valence-electron chi connectivity index (χ1n) is 5.36. The molecular weight excluding hydrogens is 216 g/mol. The van der Waals surface area contributed by atoms with Crippen LogP contribution in [0.4, 0.5) is 0 Å². The van der Waals surface area contributed by atoms with Gasteiger partial charge in [0.25, 0.3) is 0 Å². The maximum atomic E-state index is 5.59. The van der Waals surface area contributed by atoms with Crippen LogP contribution in [0.5, 0.6) is 0 Å². The summed E-state index contributed by atoms with van der Waals surface area (Å²) < 4.78 is 10.9. The van der Waals surface area contributed by atoms with Gasteiger partial charge in [0.15, 0.2) is 0 Å². The molecule has 1 atom stereocenters. The number of para-hydroxylation sites is 1. The second kappa shape index (κ2) is 4.08. The first kappa shape index (κ1) is 10.1. The fraction of sp³-hybridized carbons (Fsp3) is 0.0769. The van der Waals surface area contributed by atoms with Gasteiger partial charge in [-0.1, -0.05) is 18.2 Å². The van der Waals surface area contributed by atoms with E-state index in [1.54, 1.807) is 12.5 Å². The van der Waals surface area contributed by atoms with Crippen molar-refractivity contribution >= 4 is 11.0 Å². The van der Waals surface area contributed by atoms with Gasteiger partial charge in [-0.2, -0.15) is 0 Å².